The number of hydrazine groups is 1. The van der Waals surface area contributed by atoms with Gasteiger partial charge in [0.15, 0.2) is 0 Å². The molecular weight excluding hydrogens is 468 g/mol. The van der Waals surface area contributed by atoms with Crippen molar-refractivity contribution in [1.29, 1.82) is 0 Å². The van der Waals surface area contributed by atoms with Gasteiger partial charge in [-0.15, -0.1) is 4.41 Å². The largest absolute Gasteiger partial charge is 0.369 e. The second-order valence-corrected chi connectivity index (χ2v) is 9.64. The fourth-order valence-electron chi connectivity index (χ4n) is 3.64. The zero-order chi connectivity index (χ0) is 25.6. The average molecular weight is 497 g/mol. The fourth-order valence-corrected chi connectivity index (χ4v) is 4.93. The summed E-state index contributed by atoms with van der Waals surface area (Å²) in [6, 6.07) is 19.3. The molecule has 3 N–H and O–H groups in total. The van der Waals surface area contributed by atoms with Gasteiger partial charge in [-0.3, -0.25) is 9.59 Å². The van der Waals surface area contributed by atoms with E-state index in [1.54, 1.807) is 62.4 Å². The molecule has 9 nitrogen and oxygen atoms in total. The Hall–Kier alpha value is -3.92. The minimum atomic E-state index is -4.59. The zero-order valence-corrected chi connectivity index (χ0v) is 20.4. The molecule has 3 aromatic rings. The Kier molecular flexibility index (Phi) is 8.08. The number of hydrogen-bond donors (Lipinski definition) is 2. The second-order valence-electron chi connectivity index (χ2n) is 7.85. The number of benzene rings is 3. The lowest BCUT2D eigenvalue weighted by molar-refractivity contribution is -0.138. The van der Waals surface area contributed by atoms with Crippen molar-refractivity contribution in [2.24, 2.45) is 11.7 Å². The summed E-state index contributed by atoms with van der Waals surface area (Å²) in [5, 5.41) is 1.43. The molecule has 35 heavy (non-hydrogen) atoms. The van der Waals surface area contributed by atoms with Gasteiger partial charge in [0.05, 0.1) is 4.90 Å². The van der Waals surface area contributed by atoms with Gasteiger partial charge >= 0.3 is 6.03 Å². The topological polar surface area (TPSA) is 130 Å². The summed E-state index contributed by atoms with van der Waals surface area (Å²) in [5.41, 5.74) is 8.33. The molecule has 0 aliphatic heterocycles. The van der Waals surface area contributed by atoms with Crippen molar-refractivity contribution in [2.75, 3.05) is 13.1 Å². The van der Waals surface area contributed by atoms with Crippen LogP contribution in [0.3, 0.4) is 0 Å². The van der Waals surface area contributed by atoms with E-state index in [1.165, 1.54) is 17.0 Å². The van der Waals surface area contributed by atoms with Crippen LogP contribution in [-0.2, 0) is 26.0 Å². The third-order valence-corrected chi connectivity index (χ3v) is 7.23. The smallest absolute Gasteiger partial charge is 0.337 e. The Labute approximate surface area is 204 Å². The Balaban J connectivity index is 2.06. The van der Waals surface area contributed by atoms with E-state index in [4.69, 9.17) is 5.73 Å². The number of nitrogens with zero attached hydrogens (tertiary/aromatic N) is 2. The molecule has 0 heterocycles. The summed E-state index contributed by atoms with van der Waals surface area (Å²) in [6.07, 6.45) is -0.125. The number of amides is 4. The van der Waals surface area contributed by atoms with Crippen LogP contribution in [0.25, 0.3) is 10.8 Å². The third-order valence-electron chi connectivity index (χ3n) is 5.63. The van der Waals surface area contributed by atoms with Gasteiger partial charge in [0, 0.05) is 13.1 Å². The maximum Gasteiger partial charge on any atom is 0.337 e. The van der Waals surface area contributed by atoms with E-state index in [0.717, 1.165) is 5.39 Å². The molecule has 0 aromatic heterocycles. The van der Waals surface area contributed by atoms with Crippen molar-refractivity contribution >= 4 is 38.6 Å². The molecule has 0 aliphatic rings. The quantitative estimate of drug-likeness (QED) is 0.366. The molecule has 1 atom stereocenters. The van der Waals surface area contributed by atoms with E-state index in [1.807, 2.05) is 12.1 Å². The number of nitrogens with two attached hydrogens (primary N) is 1. The van der Waals surface area contributed by atoms with Gasteiger partial charge in [-0.25, -0.2) is 10.2 Å². The minimum Gasteiger partial charge on any atom is -0.369 e. The van der Waals surface area contributed by atoms with Crippen LogP contribution < -0.4 is 11.2 Å². The van der Waals surface area contributed by atoms with Crippen molar-refractivity contribution in [3.05, 3.63) is 78.4 Å². The van der Waals surface area contributed by atoms with E-state index in [-0.39, 0.29) is 28.8 Å². The maximum atomic E-state index is 13.7. The molecule has 0 saturated carbocycles. The van der Waals surface area contributed by atoms with Gasteiger partial charge in [0.1, 0.15) is 5.92 Å². The van der Waals surface area contributed by atoms with Crippen LogP contribution in [0, 0.1) is 5.92 Å². The van der Waals surface area contributed by atoms with Crippen molar-refractivity contribution < 1.29 is 22.8 Å². The Bertz CT molecular complexity index is 1320. The van der Waals surface area contributed by atoms with Crippen LogP contribution in [0.5, 0.6) is 0 Å². The van der Waals surface area contributed by atoms with Crippen molar-refractivity contribution in [3.8, 4) is 0 Å². The van der Waals surface area contributed by atoms with Crippen molar-refractivity contribution in [1.82, 2.24) is 14.7 Å². The summed E-state index contributed by atoms with van der Waals surface area (Å²) < 4.78 is 27.5. The van der Waals surface area contributed by atoms with Crippen molar-refractivity contribution in [2.45, 2.75) is 25.2 Å². The Morgan fingerprint density at radius 1 is 0.886 bits per heavy atom. The highest BCUT2D eigenvalue weighted by molar-refractivity contribution is 7.89. The number of rotatable bonds is 8. The highest BCUT2D eigenvalue weighted by Crippen LogP contribution is 2.23. The highest BCUT2D eigenvalue weighted by atomic mass is 32.2. The predicted octanol–water partition coefficient (Wildman–Crippen LogP) is 2.67. The summed E-state index contributed by atoms with van der Waals surface area (Å²) in [5.74, 6) is -3.67. The molecule has 1 unspecified atom stereocenters. The predicted molar refractivity (Wildman–Crippen MR) is 132 cm³/mol. The van der Waals surface area contributed by atoms with Crippen LogP contribution in [-0.4, -0.2) is 48.7 Å². The van der Waals surface area contributed by atoms with Gasteiger partial charge in [0.25, 0.3) is 15.9 Å². The molecule has 0 aliphatic carbocycles. The molecule has 0 spiro atoms. The van der Waals surface area contributed by atoms with Crippen LogP contribution in [0.15, 0.2) is 77.7 Å². The summed E-state index contributed by atoms with van der Waals surface area (Å²) >= 11 is 0. The van der Waals surface area contributed by atoms with Gasteiger partial charge in [-0.2, -0.15) is 8.42 Å². The lowest BCUT2D eigenvalue weighted by atomic mass is 9.98. The number of carbonyl (C=O) groups is 3. The first-order valence-corrected chi connectivity index (χ1v) is 12.6. The minimum absolute atomic E-state index is 0.125. The lowest BCUT2D eigenvalue weighted by Gasteiger charge is -2.28. The molecule has 0 bridgehead atoms. The summed E-state index contributed by atoms with van der Waals surface area (Å²) in [7, 11) is -4.59. The third kappa shape index (κ3) is 5.78. The number of carbonyl (C=O) groups excluding carboxylic acids is 3. The maximum absolute atomic E-state index is 13.7. The first-order chi connectivity index (χ1) is 16.7. The SMILES string of the molecule is CCN(CC)C(=O)NN(C(=O)C(Cc1ccccc1)C(N)=O)S(=O)(=O)c1ccc2ccccc2c1. The van der Waals surface area contributed by atoms with Crippen LogP contribution in [0.4, 0.5) is 4.79 Å². The monoisotopic (exact) mass is 496 g/mol. The van der Waals surface area contributed by atoms with E-state index in [2.05, 4.69) is 5.43 Å². The molecule has 3 rings (SSSR count). The molecule has 10 heteroatoms. The number of nitrogens with one attached hydrogen (secondary N) is 1. The van der Waals surface area contributed by atoms with Gasteiger partial charge in [-0.1, -0.05) is 60.7 Å². The number of hydrogen-bond acceptors (Lipinski definition) is 5. The Morgan fingerprint density at radius 3 is 2.09 bits per heavy atom. The number of fused-ring (bicyclic) bond motifs is 1. The fraction of sp³-hybridized carbons (Fsp3) is 0.240. The van der Waals surface area contributed by atoms with E-state index in [9.17, 15) is 22.8 Å². The molecular formula is C25H28N4O5S. The first-order valence-electron chi connectivity index (χ1n) is 11.2. The van der Waals surface area contributed by atoms with Gasteiger partial charge in [0.2, 0.25) is 5.91 Å². The van der Waals surface area contributed by atoms with E-state index < -0.39 is 33.8 Å². The first kappa shape index (κ1) is 25.7. The number of primary amides is 1. The van der Waals surface area contributed by atoms with Gasteiger partial charge < -0.3 is 10.6 Å². The van der Waals surface area contributed by atoms with Crippen LogP contribution >= 0.6 is 0 Å². The molecule has 4 amide bonds. The van der Waals surface area contributed by atoms with E-state index in [0.29, 0.717) is 10.9 Å². The molecule has 0 fully saturated rings. The van der Waals surface area contributed by atoms with Crippen LogP contribution in [0.2, 0.25) is 0 Å². The Morgan fingerprint density at radius 2 is 1.49 bits per heavy atom. The molecule has 0 radical (unpaired) electrons. The standard InChI is InChI=1S/C25H28N4O5S/c1-3-28(4-2)25(32)27-29(24(31)22(23(26)30)16-18-10-6-5-7-11-18)35(33,34)21-15-14-19-12-8-9-13-20(19)17-21/h5-15,17,22H,3-4,16H2,1-2H3,(H2,26,30)(H,27,32). The zero-order valence-electron chi connectivity index (χ0n) is 19.5. The lowest BCUT2D eigenvalue weighted by Crippen LogP contribution is -2.57. The molecule has 184 valence electrons. The van der Waals surface area contributed by atoms with Crippen molar-refractivity contribution in [3.63, 3.8) is 0 Å². The second kappa shape index (κ2) is 11.0. The highest BCUT2D eigenvalue weighted by Gasteiger charge is 2.39. The number of sulfonamides is 1. The average Bonchev–Trinajstić information content (AvgIpc) is 2.86. The summed E-state index contributed by atoms with van der Waals surface area (Å²) in [4.78, 5) is 39.7. The summed E-state index contributed by atoms with van der Waals surface area (Å²) in [6.45, 7) is 4.00. The normalized spacial score (nSPS) is 12.1. The molecule has 0 saturated heterocycles. The van der Waals surface area contributed by atoms with Gasteiger partial charge in [-0.05, 0) is 48.7 Å². The number of urea groups is 1. The van der Waals surface area contributed by atoms with Crippen LogP contribution in [0.1, 0.15) is 19.4 Å². The van der Waals surface area contributed by atoms with E-state index >= 15 is 0 Å². The molecule has 3 aromatic carbocycles.